The Morgan fingerprint density at radius 1 is 1.32 bits per heavy atom. The Labute approximate surface area is 136 Å². The molecule has 116 valence electrons. The van der Waals surface area contributed by atoms with Gasteiger partial charge in [0.05, 0.1) is 0 Å². The molecule has 0 spiro atoms. The molecule has 0 saturated carbocycles. The minimum atomic E-state index is -0.0911. The molecule has 1 N–H and O–H groups in total. The first-order valence-corrected chi connectivity index (χ1v) is 8.41. The lowest BCUT2D eigenvalue weighted by Crippen LogP contribution is -2.31. The molecule has 2 heterocycles. The van der Waals surface area contributed by atoms with Gasteiger partial charge in [-0.25, -0.2) is 0 Å². The molecule has 0 amide bonds. The molecule has 0 saturated heterocycles. The van der Waals surface area contributed by atoms with Crippen LogP contribution in [0.4, 0.5) is 0 Å². The second-order valence-corrected chi connectivity index (χ2v) is 6.28. The summed E-state index contributed by atoms with van der Waals surface area (Å²) in [6, 6.07) is 6.78. The zero-order chi connectivity index (χ0) is 15.8. The normalized spacial score (nSPS) is 12.0. The third-order valence-corrected chi connectivity index (χ3v) is 4.60. The molecule has 0 radical (unpaired) electrons. The molecule has 0 fully saturated rings. The van der Waals surface area contributed by atoms with Crippen LogP contribution < -0.4 is 0 Å². The zero-order valence-corrected chi connectivity index (χ0v) is 13.9. The third kappa shape index (κ3) is 4.96. The number of pyridine rings is 1. The van der Waals surface area contributed by atoms with E-state index in [2.05, 4.69) is 59.2 Å². The van der Waals surface area contributed by atoms with Crippen molar-refractivity contribution in [3.05, 3.63) is 52.0 Å². The summed E-state index contributed by atoms with van der Waals surface area (Å²) in [6.45, 7) is 6.24. The summed E-state index contributed by atoms with van der Waals surface area (Å²) in [5.74, 6) is 5.66. The minimum absolute atomic E-state index is 0.0911. The lowest BCUT2D eigenvalue weighted by molar-refractivity contribution is 0.188. The monoisotopic (exact) mass is 314 g/mol. The van der Waals surface area contributed by atoms with Crippen LogP contribution in [0.3, 0.4) is 0 Å². The van der Waals surface area contributed by atoms with E-state index in [1.54, 1.807) is 11.3 Å². The van der Waals surface area contributed by atoms with Crippen LogP contribution in [-0.2, 0) is 13.1 Å². The van der Waals surface area contributed by atoms with E-state index in [0.29, 0.717) is 6.04 Å². The Hall–Kier alpha value is -1.67. The van der Waals surface area contributed by atoms with Gasteiger partial charge in [-0.15, -0.1) is 11.3 Å². The number of aromatic nitrogens is 1. The predicted molar refractivity (Wildman–Crippen MR) is 91.5 cm³/mol. The molecule has 22 heavy (non-hydrogen) atoms. The SMILES string of the molecule is CC[C@H](C)N(Cc1ccncc1)Cc1cc(C#CCO)cs1. The van der Waals surface area contributed by atoms with Crippen molar-refractivity contribution in [1.82, 2.24) is 9.88 Å². The fourth-order valence-electron chi connectivity index (χ4n) is 2.22. The highest BCUT2D eigenvalue weighted by atomic mass is 32.1. The van der Waals surface area contributed by atoms with E-state index in [1.807, 2.05) is 12.4 Å². The van der Waals surface area contributed by atoms with Crippen molar-refractivity contribution in [3.8, 4) is 11.8 Å². The maximum Gasteiger partial charge on any atom is 0.104 e. The second kappa shape index (κ2) is 8.70. The van der Waals surface area contributed by atoms with Crippen molar-refractivity contribution < 1.29 is 5.11 Å². The van der Waals surface area contributed by atoms with Gasteiger partial charge in [-0.05, 0) is 37.1 Å². The van der Waals surface area contributed by atoms with Crippen LogP contribution in [0.1, 0.15) is 36.3 Å². The van der Waals surface area contributed by atoms with Gasteiger partial charge < -0.3 is 5.11 Å². The largest absolute Gasteiger partial charge is 0.384 e. The first kappa shape index (κ1) is 16.7. The van der Waals surface area contributed by atoms with E-state index >= 15 is 0 Å². The molecule has 2 rings (SSSR count). The topological polar surface area (TPSA) is 36.4 Å². The molecule has 2 aromatic heterocycles. The van der Waals surface area contributed by atoms with E-state index < -0.39 is 0 Å². The van der Waals surface area contributed by atoms with Gasteiger partial charge >= 0.3 is 0 Å². The fraction of sp³-hybridized carbons (Fsp3) is 0.389. The van der Waals surface area contributed by atoms with Crippen molar-refractivity contribution in [2.45, 2.75) is 39.4 Å². The van der Waals surface area contributed by atoms with E-state index in [0.717, 1.165) is 25.1 Å². The number of rotatable bonds is 6. The van der Waals surface area contributed by atoms with Gasteiger partial charge in [0.15, 0.2) is 0 Å². The fourth-order valence-corrected chi connectivity index (χ4v) is 3.06. The standard InChI is InChI=1S/C18H22N2OS/c1-3-15(2)20(12-16-6-8-19-9-7-16)13-18-11-17(14-22-18)5-4-10-21/h6-9,11,14-15,21H,3,10,12-13H2,1-2H3/t15-/m0/s1. The lowest BCUT2D eigenvalue weighted by Gasteiger charge is -2.28. The summed E-state index contributed by atoms with van der Waals surface area (Å²) in [4.78, 5) is 7.86. The van der Waals surface area contributed by atoms with Crippen LogP contribution in [-0.4, -0.2) is 27.6 Å². The highest BCUT2D eigenvalue weighted by Gasteiger charge is 2.14. The van der Waals surface area contributed by atoms with Gasteiger partial charge in [0.2, 0.25) is 0 Å². The molecule has 0 aliphatic carbocycles. The summed E-state index contributed by atoms with van der Waals surface area (Å²) < 4.78 is 0. The predicted octanol–water partition coefficient (Wildman–Crippen LogP) is 3.29. The van der Waals surface area contributed by atoms with Gasteiger partial charge in [-0.1, -0.05) is 18.8 Å². The number of aliphatic hydroxyl groups excluding tert-OH is 1. The first-order chi connectivity index (χ1) is 10.7. The molecular weight excluding hydrogens is 292 g/mol. The van der Waals surface area contributed by atoms with E-state index in [-0.39, 0.29) is 6.61 Å². The third-order valence-electron chi connectivity index (χ3n) is 3.67. The van der Waals surface area contributed by atoms with Crippen LogP contribution in [0.25, 0.3) is 0 Å². The van der Waals surface area contributed by atoms with Crippen LogP contribution in [0.15, 0.2) is 36.0 Å². The quantitative estimate of drug-likeness (QED) is 0.831. The van der Waals surface area contributed by atoms with Crippen molar-refractivity contribution in [2.75, 3.05) is 6.61 Å². The second-order valence-electron chi connectivity index (χ2n) is 5.28. The summed E-state index contributed by atoms with van der Waals surface area (Å²) in [5, 5.41) is 10.8. The number of nitrogens with zero attached hydrogens (tertiary/aromatic N) is 2. The highest BCUT2D eigenvalue weighted by Crippen LogP contribution is 2.20. The van der Waals surface area contributed by atoms with Crippen molar-refractivity contribution in [3.63, 3.8) is 0 Å². The Balaban J connectivity index is 2.08. The van der Waals surface area contributed by atoms with Gasteiger partial charge in [-0.2, -0.15) is 0 Å². The molecule has 0 aliphatic heterocycles. The van der Waals surface area contributed by atoms with Crippen molar-refractivity contribution in [2.24, 2.45) is 0 Å². The Kier molecular flexibility index (Phi) is 6.60. The molecule has 0 aromatic carbocycles. The zero-order valence-electron chi connectivity index (χ0n) is 13.1. The van der Waals surface area contributed by atoms with Crippen molar-refractivity contribution >= 4 is 11.3 Å². The van der Waals surface area contributed by atoms with Crippen LogP contribution in [0.2, 0.25) is 0 Å². The van der Waals surface area contributed by atoms with E-state index in [9.17, 15) is 0 Å². The average molecular weight is 314 g/mol. The molecule has 3 nitrogen and oxygen atoms in total. The molecule has 4 heteroatoms. The Bertz CT molecular complexity index is 627. The van der Waals surface area contributed by atoms with Gasteiger partial charge in [-0.3, -0.25) is 9.88 Å². The average Bonchev–Trinajstić information content (AvgIpc) is 3.00. The number of hydrogen-bond acceptors (Lipinski definition) is 4. The summed E-state index contributed by atoms with van der Waals surface area (Å²) in [7, 11) is 0. The maximum absolute atomic E-state index is 8.77. The summed E-state index contributed by atoms with van der Waals surface area (Å²) in [6.07, 6.45) is 4.81. The highest BCUT2D eigenvalue weighted by molar-refractivity contribution is 7.10. The Morgan fingerprint density at radius 2 is 2.09 bits per heavy atom. The van der Waals surface area contributed by atoms with Crippen LogP contribution in [0, 0.1) is 11.8 Å². The number of aliphatic hydroxyl groups is 1. The molecular formula is C18H22N2OS. The summed E-state index contributed by atoms with van der Waals surface area (Å²) >= 11 is 1.73. The van der Waals surface area contributed by atoms with Gasteiger partial charge in [0.25, 0.3) is 0 Å². The maximum atomic E-state index is 8.77. The van der Waals surface area contributed by atoms with Crippen LogP contribution >= 0.6 is 11.3 Å². The lowest BCUT2D eigenvalue weighted by atomic mass is 10.1. The molecule has 0 aliphatic rings. The van der Waals surface area contributed by atoms with Gasteiger partial charge in [0, 0.05) is 47.3 Å². The Morgan fingerprint density at radius 3 is 2.77 bits per heavy atom. The molecule has 0 bridgehead atoms. The molecule has 2 aromatic rings. The summed E-state index contributed by atoms with van der Waals surface area (Å²) in [5.41, 5.74) is 2.27. The van der Waals surface area contributed by atoms with Gasteiger partial charge in [0.1, 0.15) is 6.61 Å². The molecule has 0 unspecified atom stereocenters. The number of hydrogen-bond donors (Lipinski definition) is 1. The van der Waals surface area contributed by atoms with E-state index in [4.69, 9.17) is 5.11 Å². The molecule has 1 atom stereocenters. The minimum Gasteiger partial charge on any atom is -0.384 e. The number of thiophene rings is 1. The van der Waals surface area contributed by atoms with Crippen LogP contribution in [0.5, 0.6) is 0 Å². The van der Waals surface area contributed by atoms with Crippen molar-refractivity contribution in [1.29, 1.82) is 0 Å². The first-order valence-electron chi connectivity index (χ1n) is 7.53. The smallest absolute Gasteiger partial charge is 0.104 e. The van der Waals surface area contributed by atoms with E-state index in [1.165, 1.54) is 10.4 Å².